The zero-order chi connectivity index (χ0) is 21.9. The lowest BCUT2D eigenvalue weighted by Crippen LogP contribution is -2.18. The van der Waals surface area contributed by atoms with Gasteiger partial charge < -0.3 is 14.6 Å². The van der Waals surface area contributed by atoms with Crippen molar-refractivity contribution in [3.63, 3.8) is 0 Å². The number of carbonyl (C=O) groups excluding carboxylic acids is 1. The van der Waals surface area contributed by atoms with Gasteiger partial charge in [0.05, 0.1) is 29.2 Å². The molecule has 0 aliphatic heterocycles. The van der Waals surface area contributed by atoms with Crippen molar-refractivity contribution >= 4 is 28.9 Å². The number of nitrogens with one attached hydrogen (secondary N) is 1. The molecule has 3 N–H and O–H groups in total. The van der Waals surface area contributed by atoms with E-state index in [1.807, 2.05) is 48.5 Å². The molecule has 156 valence electrons. The number of hydrogen-bond donors (Lipinski definition) is 2. The zero-order valence-electron chi connectivity index (χ0n) is 16.7. The highest BCUT2D eigenvalue weighted by atomic mass is 16.4. The van der Waals surface area contributed by atoms with E-state index in [1.165, 1.54) is 6.21 Å². The molecule has 5 aromatic rings. The molecule has 0 aliphatic carbocycles. The van der Waals surface area contributed by atoms with Gasteiger partial charge in [-0.1, -0.05) is 36.4 Å². The maximum Gasteiger partial charge on any atom is 0.309 e. The number of nitrogen functional groups attached to an aromatic ring is 1. The van der Waals surface area contributed by atoms with Crippen molar-refractivity contribution < 1.29 is 13.6 Å². The van der Waals surface area contributed by atoms with Crippen LogP contribution in [-0.2, 0) is 0 Å². The van der Waals surface area contributed by atoms with Crippen molar-refractivity contribution in [2.75, 3.05) is 5.73 Å². The molecule has 0 bridgehead atoms. The molecule has 4 heterocycles. The summed E-state index contributed by atoms with van der Waals surface area (Å²) in [7, 11) is 0. The number of aromatic nitrogens is 2. The highest BCUT2D eigenvalue weighted by molar-refractivity contribution is 6.10. The normalized spacial score (nSPS) is 11.2. The minimum absolute atomic E-state index is 0.0751. The fraction of sp³-hybridized carbons (Fsp3) is 0. The van der Waals surface area contributed by atoms with Gasteiger partial charge in [0.1, 0.15) is 5.76 Å². The second kappa shape index (κ2) is 8.19. The lowest BCUT2D eigenvalue weighted by atomic mass is 10.0. The molecule has 0 saturated carbocycles. The van der Waals surface area contributed by atoms with Crippen molar-refractivity contribution in [2.24, 2.45) is 5.10 Å². The first-order chi connectivity index (χ1) is 15.7. The molecule has 4 aromatic heterocycles. The maximum absolute atomic E-state index is 12.7. The summed E-state index contributed by atoms with van der Waals surface area (Å²) in [6, 6.07) is 18.7. The molecule has 0 spiro atoms. The largest absolute Gasteiger partial charge is 0.464 e. The molecule has 0 atom stereocenters. The van der Waals surface area contributed by atoms with Gasteiger partial charge in [-0.25, -0.2) is 10.4 Å². The molecule has 8 heteroatoms. The molecule has 0 radical (unpaired) electrons. The summed E-state index contributed by atoms with van der Waals surface area (Å²) in [5.74, 6) is -0.0789. The van der Waals surface area contributed by atoms with Gasteiger partial charge in [-0.2, -0.15) is 5.10 Å². The van der Waals surface area contributed by atoms with Crippen LogP contribution in [-0.4, -0.2) is 22.1 Å². The van der Waals surface area contributed by atoms with Gasteiger partial charge in [-0.15, -0.1) is 0 Å². The fourth-order valence-corrected chi connectivity index (χ4v) is 3.34. The molecule has 8 nitrogen and oxygen atoms in total. The molecule has 5 rings (SSSR count). The van der Waals surface area contributed by atoms with Crippen LogP contribution < -0.4 is 11.2 Å². The number of nitrogens with zero attached hydrogens (tertiary/aromatic N) is 3. The van der Waals surface area contributed by atoms with E-state index in [4.69, 9.17) is 14.6 Å². The van der Waals surface area contributed by atoms with E-state index in [0.29, 0.717) is 22.4 Å². The molecule has 1 amide bonds. The number of pyridine rings is 2. The SMILES string of the molecule is Nc1c(C(=O)N/N=C\c2cccnc2)oc2nc(-c3ccccc3)cc(-c3ccco3)c12. The van der Waals surface area contributed by atoms with Crippen LogP contribution in [0, 0.1) is 0 Å². The van der Waals surface area contributed by atoms with Gasteiger partial charge in [-0.05, 0) is 24.3 Å². The average molecular weight is 423 g/mol. The van der Waals surface area contributed by atoms with E-state index < -0.39 is 5.91 Å². The van der Waals surface area contributed by atoms with E-state index in [0.717, 1.165) is 11.1 Å². The zero-order valence-corrected chi connectivity index (χ0v) is 16.7. The number of rotatable bonds is 5. The highest BCUT2D eigenvalue weighted by Crippen LogP contribution is 2.38. The number of carbonyl (C=O) groups is 1. The number of benzene rings is 1. The van der Waals surface area contributed by atoms with Crippen molar-refractivity contribution in [2.45, 2.75) is 0 Å². The Morgan fingerprint density at radius 2 is 1.97 bits per heavy atom. The molecular weight excluding hydrogens is 406 g/mol. The quantitative estimate of drug-likeness (QED) is 0.317. The Hall–Kier alpha value is -4.72. The summed E-state index contributed by atoms with van der Waals surface area (Å²) >= 11 is 0. The standard InChI is InChI=1S/C24H17N5O3/c25-21-20-17(19-9-5-11-31-19)12-18(16-7-2-1-3-8-16)28-24(20)32-22(21)23(30)29-27-14-15-6-4-10-26-13-15/h1-14H,25H2,(H,29,30)/b27-14-. The molecule has 0 unspecified atom stereocenters. The summed E-state index contributed by atoms with van der Waals surface area (Å²) in [5, 5.41) is 4.45. The van der Waals surface area contributed by atoms with E-state index in [2.05, 4.69) is 20.5 Å². The molecule has 32 heavy (non-hydrogen) atoms. The highest BCUT2D eigenvalue weighted by Gasteiger charge is 2.24. The first-order valence-corrected chi connectivity index (χ1v) is 9.76. The van der Waals surface area contributed by atoms with Crippen LogP contribution in [0.25, 0.3) is 33.7 Å². The lowest BCUT2D eigenvalue weighted by Gasteiger charge is -2.05. The Bertz CT molecular complexity index is 1410. The summed E-state index contributed by atoms with van der Waals surface area (Å²) in [6.45, 7) is 0. The number of anilines is 1. The third kappa shape index (κ3) is 3.61. The van der Waals surface area contributed by atoms with Gasteiger partial charge in [0.2, 0.25) is 11.5 Å². The van der Waals surface area contributed by atoms with Gasteiger partial charge in [0.15, 0.2) is 0 Å². The van der Waals surface area contributed by atoms with Crippen molar-refractivity contribution in [3.05, 3.63) is 90.6 Å². The Kier molecular flexibility index (Phi) is 4.93. The molecule has 0 aliphatic rings. The Balaban J connectivity index is 1.56. The molecule has 1 aromatic carbocycles. The second-order valence-corrected chi connectivity index (χ2v) is 6.91. The first-order valence-electron chi connectivity index (χ1n) is 9.76. The van der Waals surface area contributed by atoms with Crippen LogP contribution in [0.5, 0.6) is 0 Å². The van der Waals surface area contributed by atoms with Gasteiger partial charge in [-0.3, -0.25) is 9.78 Å². The number of fused-ring (bicyclic) bond motifs is 1. The predicted octanol–water partition coefficient (Wildman–Crippen LogP) is 4.50. The second-order valence-electron chi connectivity index (χ2n) is 6.91. The van der Waals surface area contributed by atoms with Gasteiger partial charge in [0.25, 0.3) is 0 Å². The molecule has 0 fully saturated rings. The van der Waals surface area contributed by atoms with Crippen molar-refractivity contribution in [1.29, 1.82) is 0 Å². The average Bonchev–Trinajstić information content (AvgIpc) is 3.48. The van der Waals surface area contributed by atoms with Crippen molar-refractivity contribution in [3.8, 4) is 22.6 Å². The smallest absolute Gasteiger partial charge is 0.309 e. The van der Waals surface area contributed by atoms with Gasteiger partial charge in [0, 0.05) is 29.1 Å². The first kappa shape index (κ1) is 19.3. The molecular formula is C24H17N5O3. The van der Waals surface area contributed by atoms with Crippen LogP contribution in [0.4, 0.5) is 5.69 Å². The Morgan fingerprint density at radius 3 is 2.72 bits per heavy atom. The monoisotopic (exact) mass is 423 g/mol. The topological polar surface area (TPSA) is 120 Å². The summed E-state index contributed by atoms with van der Waals surface area (Å²) in [5.41, 5.74) is 12.1. The van der Waals surface area contributed by atoms with Crippen LogP contribution in [0.15, 0.2) is 93.3 Å². The Labute approximate surface area is 182 Å². The number of hydrazone groups is 1. The number of hydrogen-bond acceptors (Lipinski definition) is 7. The minimum atomic E-state index is -0.590. The fourth-order valence-electron chi connectivity index (χ4n) is 3.34. The van der Waals surface area contributed by atoms with Crippen molar-refractivity contribution in [1.82, 2.24) is 15.4 Å². The molecule has 0 saturated heterocycles. The summed E-state index contributed by atoms with van der Waals surface area (Å²) < 4.78 is 11.4. The van der Waals surface area contributed by atoms with Crippen LogP contribution >= 0.6 is 0 Å². The third-order valence-corrected chi connectivity index (χ3v) is 4.83. The number of amides is 1. The van der Waals surface area contributed by atoms with E-state index in [9.17, 15) is 4.79 Å². The number of nitrogens with two attached hydrogens (primary N) is 1. The summed E-state index contributed by atoms with van der Waals surface area (Å²) in [4.78, 5) is 21.3. The van der Waals surface area contributed by atoms with Crippen LogP contribution in [0.1, 0.15) is 16.1 Å². The Morgan fingerprint density at radius 1 is 1.09 bits per heavy atom. The van der Waals surface area contributed by atoms with Crippen LogP contribution in [0.3, 0.4) is 0 Å². The lowest BCUT2D eigenvalue weighted by molar-refractivity contribution is 0.0930. The van der Waals surface area contributed by atoms with E-state index in [-0.39, 0.29) is 17.2 Å². The van der Waals surface area contributed by atoms with Gasteiger partial charge >= 0.3 is 5.91 Å². The maximum atomic E-state index is 12.7. The minimum Gasteiger partial charge on any atom is -0.464 e. The number of furan rings is 2. The predicted molar refractivity (Wildman–Crippen MR) is 121 cm³/mol. The van der Waals surface area contributed by atoms with E-state index >= 15 is 0 Å². The van der Waals surface area contributed by atoms with E-state index in [1.54, 1.807) is 30.8 Å². The van der Waals surface area contributed by atoms with Crippen LogP contribution in [0.2, 0.25) is 0 Å². The summed E-state index contributed by atoms with van der Waals surface area (Å²) in [6.07, 6.45) is 6.32. The third-order valence-electron chi connectivity index (χ3n) is 4.83.